The van der Waals surface area contributed by atoms with Gasteiger partial charge >= 0.3 is 0 Å². The maximum absolute atomic E-state index is 12.0. The van der Waals surface area contributed by atoms with E-state index in [-0.39, 0.29) is 42.3 Å². The van der Waals surface area contributed by atoms with E-state index in [1.54, 1.807) is 12.1 Å². The Morgan fingerprint density at radius 3 is 2.86 bits per heavy atom. The largest absolute Gasteiger partial charge is 0.329 e. The number of amides is 1. The summed E-state index contributed by atoms with van der Waals surface area (Å²) in [5, 5.41) is 13.5. The molecule has 1 heterocycles. The van der Waals surface area contributed by atoms with E-state index in [1.807, 2.05) is 4.90 Å². The molecule has 0 radical (unpaired) electrons. The van der Waals surface area contributed by atoms with Crippen LogP contribution < -0.4 is 11.1 Å². The summed E-state index contributed by atoms with van der Waals surface area (Å²) in [6, 6.07) is 6.35. The molecule has 0 spiro atoms. The number of benzene rings is 1. The smallest absolute Gasteiger partial charge is 0.292 e. The Morgan fingerprint density at radius 2 is 2.19 bits per heavy atom. The summed E-state index contributed by atoms with van der Waals surface area (Å²) in [7, 11) is 0. The van der Waals surface area contributed by atoms with E-state index in [9.17, 15) is 14.9 Å². The minimum absolute atomic E-state index is 0. The third-order valence-corrected chi connectivity index (χ3v) is 3.49. The summed E-state index contributed by atoms with van der Waals surface area (Å²) in [4.78, 5) is 24.4. The number of rotatable bonds is 5. The number of para-hydroxylation sites is 2. The zero-order chi connectivity index (χ0) is 14.5. The fraction of sp³-hybridized carbons (Fsp3) is 0.462. The minimum atomic E-state index is -0.506. The Labute approximate surface area is 129 Å². The van der Waals surface area contributed by atoms with Gasteiger partial charge in [0.15, 0.2) is 0 Å². The third kappa shape index (κ3) is 4.38. The molecule has 1 aromatic carbocycles. The molecular weight excluding hydrogens is 296 g/mol. The number of carbonyl (C=O) groups is 1. The van der Waals surface area contributed by atoms with Gasteiger partial charge in [0.1, 0.15) is 5.69 Å². The molecular formula is C13H19ClN4O3. The second kappa shape index (κ2) is 7.92. The van der Waals surface area contributed by atoms with Crippen LogP contribution in [0.1, 0.15) is 12.8 Å². The van der Waals surface area contributed by atoms with Crippen LogP contribution in [-0.2, 0) is 4.79 Å². The summed E-state index contributed by atoms with van der Waals surface area (Å²) in [6.07, 6.45) is 2.02. The number of carbonyl (C=O) groups excluding carboxylic acids is 1. The van der Waals surface area contributed by atoms with E-state index >= 15 is 0 Å². The lowest BCUT2D eigenvalue weighted by molar-refractivity contribution is -0.383. The lowest BCUT2D eigenvalue weighted by atomic mass is 10.2. The first kappa shape index (κ1) is 17.4. The average molecular weight is 315 g/mol. The summed E-state index contributed by atoms with van der Waals surface area (Å²) < 4.78 is 0. The highest BCUT2D eigenvalue weighted by molar-refractivity contribution is 5.94. The monoisotopic (exact) mass is 314 g/mol. The van der Waals surface area contributed by atoms with E-state index in [0.717, 1.165) is 19.4 Å². The Balaban J connectivity index is 0.00000220. The summed E-state index contributed by atoms with van der Waals surface area (Å²) in [6.45, 7) is 1.58. The molecule has 0 bridgehead atoms. The molecule has 0 saturated carbocycles. The number of nitro benzene ring substituents is 1. The Morgan fingerprint density at radius 1 is 1.48 bits per heavy atom. The maximum atomic E-state index is 12.0. The maximum Gasteiger partial charge on any atom is 0.292 e. The van der Waals surface area contributed by atoms with Crippen molar-refractivity contribution in [3.63, 3.8) is 0 Å². The minimum Gasteiger partial charge on any atom is -0.329 e. The zero-order valence-electron chi connectivity index (χ0n) is 11.5. The standard InChI is InChI=1S/C13H18N4O3.ClH/c14-8-10-4-3-7-16(10)9-13(18)15-11-5-1-2-6-12(11)17(19)20;/h1-2,5-6,10H,3-4,7-9,14H2,(H,15,18);1H. The molecule has 0 aliphatic carbocycles. The number of halogens is 1. The topological polar surface area (TPSA) is 102 Å². The van der Waals surface area contributed by atoms with Crippen LogP contribution in [0.15, 0.2) is 24.3 Å². The molecule has 8 heteroatoms. The molecule has 1 aliphatic rings. The van der Waals surface area contributed by atoms with Gasteiger partial charge in [-0.05, 0) is 25.5 Å². The predicted molar refractivity (Wildman–Crippen MR) is 82.6 cm³/mol. The third-order valence-electron chi connectivity index (χ3n) is 3.49. The molecule has 116 valence electrons. The Hall–Kier alpha value is -1.70. The van der Waals surface area contributed by atoms with Crippen molar-refractivity contribution in [3.8, 4) is 0 Å². The van der Waals surface area contributed by atoms with Crippen LogP contribution in [0.25, 0.3) is 0 Å². The van der Waals surface area contributed by atoms with Crippen LogP contribution >= 0.6 is 12.4 Å². The van der Waals surface area contributed by atoms with E-state index < -0.39 is 4.92 Å². The van der Waals surface area contributed by atoms with Gasteiger partial charge in [-0.1, -0.05) is 12.1 Å². The number of nitrogens with zero attached hydrogens (tertiary/aromatic N) is 2. The number of likely N-dealkylation sites (tertiary alicyclic amines) is 1. The predicted octanol–water partition coefficient (Wildman–Crippen LogP) is 1.38. The van der Waals surface area contributed by atoms with Crippen molar-refractivity contribution in [3.05, 3.63) is 34.4 Å². The van der Waals surface area contributed by atoms with Crippen molar-refractivity contribution in [1.29, 1.82) is 0 Å². The van der Waals surface area contributed by atoms with Gasteiger partial charge in [0.2, 0.25) is 5.91 Å². The normalized spacial score (nSPS) is 18.0. The van der Waals surface area contributed by atoms with E-state index in [4.69, 9.17) is 5.73 Å². The van der Waals surface area contributed by atoms with Crippen molar-refractivity contribution in [2.24, 2.45) is 5.73 Å². The van der Waals surface area contributed by atoms with Crippen molar-refractivity contribution >= 4 is 29.7 Å². The van der Waals surface area contributed by atoms with Crippen LogP contribution in [0.4, 0.5) is 11.4 Å². The molecule has 3 N–H and O–H groups in total. The van der Waals surface area contributed by atoms with E-state index in [2.05, 4.69) is 5.32 Å². The fourth-order valence-electron chi connectivity index (χ4n) is 2.48. The van der Waals surface area contributed by atoms with Crippen molar-refractivity contribution in [1.82, 2.24) is 4.90 Å². The molecule has 1 fully saturated rings. The Bertz CT molecular complexity index is 512. The summed E-state index contributed by atoms with van der Waals surface area (Å²) in [5.74, 6) is -0.250. The first-order valence-electron chi connectivity index (χ1n) is 6.59. The molecule has 1 amide bonds. The van der Waals surface area contributed by atoms with Gasteiger partial charge in [0.25, 0.3) is 5.69 Å². The van der Waals surface area contributed by atoms with Gasteiger partial charge < -0.3 is 11.1 Å². The molecule has 1 saturated heterocycles. The van der Waals surface area contributed by atoms with E-state index in [1.165, 1.54) is 12.1 Å². The van der Waals surface area contributed by atoms with Crippen LogP contribution in [0.3, 0.4) is 0 Å². The fourth-order valence-corrected chi connectivity index (χ4v) is 2.48. The quantitative estimate of drug-likeness (QED) is 0.631. The zero-order valence-corrected chi connectivity index (χ0v) is 12.3. The molecule has 0 aromatic heterocycles. The molecule has 1 aromatic rings. The number of hydrogen-bond donors (Lipinski definition) is 2. The SMILES string of the molecule is Cl.NCC1CCCN1CC(=O)Nc1ccccc1[N+](=O)[O-]. The second-order valence-electron chi connectivity index (χ2n) is 4.82. The molecule has 2 rings (SSSR count). The number of nitrogens with two attached hydrogens (primary N) is 1. The molecule has 7 nitrogen and oxygen atoms in total. The summed E-state index contributed by atoms with van der Waals surface area (Å²) in [5.41, 5.74) is 5.78. The van der Waals surface area contributed by atoms with Crippen LogP contribution in [-0.4, -0.2) is 41.4 Å². The Kier molecular flexibility index (Phi) is 6.54. The lowest BCUT2D eigenvalue weighted by Gasteiger charge is -2.22. The summed E-state index contributed by atoms with van der Waals surface area (Å²) >= 11 is 0. The van der Waals surface area contributed by atoms with Crippen LogP contribution in [0.2, 0.25) is 0 Å². The molecule has 1 aliphatic heterocycles. The molecule has 1 atom stereocenters. The number of nitro groups is 1. The molecule has 21 heavy (non-hydrogen) atoms. The first-order valence-corrected chi connectivity index (χ1v) is 6.59. The molecule has 1 unspecified atom stereocenters. The van der Waals surface area contributed by atoms with Crippen molar-refractivity contribution in [2.45, 2.75) is 18.9 Å². The number of hydrogen-bond acceptors (Lipinski definition) is 5. The van der Waals surface area contributed by atoms with Crippen molar-refractivity contribution < 1.29 is 9.72 Å². The van der Waals surface area contributed by atoms with Gasteiger partial charge in [-0.15, -0.1) is 12.4 Å². The van der Waals surface area contributed by atoms with Gasteiger partial charge in [0, 0.05) is 18.7 Å². The highest BCUT2D eigenvalue weighted by atomic mass is 35.5. The average Bonchev–Trinajstić information content (AvgIpc) is 2.86. The highest BCUT2D eigenvalue weighted by Crippen LogP contribution is 2.23. The van der Waals surface area contributed by atoms with Gasteiger partial charge in [-0.2, -0.15) is 0 Å². The first-order chi connectivity index (χ1) is 9.61. The second-order valence-corrected chi connectivity index (χ2v) is 4.82. The van der Waals surface area contributed by atoms with Crippen LogP contribution in [0.5, 0.6) is 0 Å². The number of anilines is 1. The van der Waals surface area contributed by atoms with Gasteiger partial charge in [0.05, 0.1) is 11.5 Å². The van der Waals surface area contributed by atoms with Gasteiger partial charge in [-0.3, -0.25) is 19.8 Å². The van der Waals surface area contributed by atoms with Crippen LogP contribution in [0, 0.1) is 10.1 Å². The van der Waals surface area contributed by atoms with Crippen molar-refractivity contribution in [2.75, 3.05) is 25.0 Å². The number of nitrogens with one attached hydrogen (secondary N) is 1. The lowest BCUT2D eigenvalue weighted by Crippen LogP contribution is -2.40. The van der Waals surface area contributed by atoms with E-state index in [0.29, 0.717) is 6.54 Å². The highest BCUT2D eigenvalue weighted by Gasteiger charge is 2.25. The van der Waals surface area contributed by atoms with Gasteiger partial charge in [-0.25, -0.2) is 0 Å².